The normalized spacial score (nSPS) is 17.4. The second-order valence-corrected chi connectivity index (χ2v) is 6.55. The molecular formula is C19H22N6O. The molecule has 1 N–H and O–H groups in total. The number of amides is 1. The van der Waals surface area contributed by atoms with Gasteiger partial charge in [-0.3, -0.25) is 4.79 Å². The number of carbonyl (C=O) groups is 1. The average molecular weight is 350 g/mol. The van der Waals surface area contributed by atoms with E-state index in [1.54, 1.807) is 18.5 Å². The molecule has 7 heteroatoms. The van der Waals surface area contributed by atoms with Gasteiger partial charge >= 0.3 is 0 Å². The van der Waals surface area contributed by atoms with Crippen LogP contribution in [0.1, 0.15) is 12.8 Å². The molecule has 1 aliphatic heterocycles. The zero-order valence-corrected chi connectivity index (χ0v) is 14.6. The predicted octanol–water partition coefficient (Wildman–Crippen LogP) is 1.86. The fourth-order valence-corrected chi connectivity index (χ4v) is 3.46. The van der Waals surface area contributed by atoms with E-state index in [0.29, 0.717) is 25.6 Å². The molecule has 134 valence electrons. The van der Waals surface area contributed by atoms with E-state index in [1.165, 1.54) is 0 Å². The molecule has 0 unspecified atom stereocenters. The molecule has 26 heavy (non-hydrogen) atoms. The van der Waals surface area contributed by atoms with Gasteiger partial charge in [0.1, 0.15) is 0 Å². The van der Waals surface area contributed by atoms with Crippen LogP contribution in [0.5, 0.6) is 0 Å². The maximum Gasteiger partial charge on any atom is 0.225 e. The molecule has 1 aromatic carbocycles. The fourth-order valence-electron chi connectivity index (χ4n) is 3.46. The number of hydrogen-bond donors (Lipinski definition) is 1. The molecule has 1 saturated heterocycles. The Morgan fingerprint density at radius 2 is 2.00 bits per heavy atom. The highest BCUT2D eigenvalue weighted by Gasteiger charge is 2.26. The number of rotatable bonds is 5. The summed E-state index contributed by atoms with van der Waals surface area (Å²) in [6, 6.07) is 9.82. The molecule has 3 aromatic rings. The highest BCUT2D eigenvalue weighted by molar-refractivity contribution is 5.79. The fraction of sp³-hybridized carbons (Fsp3) is 0.368. The lowest BCUT2D eigenvalue weighted by Crippen LogP contribution is -2.44. The van der Waals surface area contributed by atoms with Crippen LogP contribution in [0.15, 0.2) is 49.1 Å². The lowest BCUT2D eigenvalue weighted by atomic mass is 9.97. The van der Waals surface area contributed by atoms with E-state index >= 15 is 0 Å². The number of hydrogen-bond acceptors (Lipinski definition) is 5. The summed E-state index contributed by atoms with van der Waals surface area (Å²) >= 11 is 0. The Labute approximate surface area is 152 Å². The van der Waals surface area contributed by atoms with Crippen LogP contribution in [-0.4, -0.2) is 45.1 Å². The Morgan fingerprint density at radius 1 is 1.15 bits per heavy atom. The number of piperidine rings is 1. The maximum atomic E-state index is 12.6. The molecule has 3 heterocycles. The van der Waals surface area contributed by atoms with E-state index in [9.17, 15) is 4.79 Å². The summed E-state index contributed by atoms with van der Waals surface area (Å²) in [5.74, 6) is 0.789. The van der Waals surface area contributed by atoms with Crippen LogP contribution in [0.3, 0.4) is 0 Å². The number of nitrogens with zero attached hydrogens (tertiary/aromatic N) is 5. The minimum atomic E-state index is -0.0212. The summed E-state index contributed by atoms with van der Waals surface area (Å²) in [6.45, 7) is 2.88. The molecule has 0 radical (unpaired) electrons. The molecule has 2 aromatic heterocycles. The topological polar surface area (TPSA) is 75.9 Å². The lowest BCUT2D eigenvalue weighted by Gasteiger charge is -2.31. The molecule has 1 amide bonds. The molecule has 0 bridgehead atoms. The molecule has 1 aliphatic rings. The van der Waals surface area contributed by atoms with E-state index in [2.05, 4.69) is 29.7 Å². The van der Waals surface area contributed by atoms with Gasteiger partial charge in [-0.05, 0) is 31.0 Å². The van der Waals surface area contributed by atoms with E-state index < -0.39 is 0 Å². The second kappa shape index (κ2) is 7.51. The Kier molecular flexibility index (Phi) is 4.77. The third kappa shape index (κ3) is 3.51. The minimum absolute atomic E-state index is 0.0212. The van der Waals surface area contributed by atoms with Crippen molar-refractivity contribution in [1.29, 1.82) is 0 Å². The Hall–Kier alpha value is -2.96. The van der Waals surface area contributed by atoms with E-state index in [-0.39, 0.29) is 11.8 Å². The molecule has 0 saturated carbocycles. The Morgan fingerprint density at radius 3 is 2.88 bits per heavy atom. The van der Waals surface area contributed by atoms with Crippen LogP contribution in [0.2, 0.25) is 0 Å². The summed E-state index contributed by atoms with van der Waals surface area (Å²) < 4.78 is 2.07. The summed E-state index contributed by atoms with van der Waals surface area (Å²) in [5.41, 5.74) is 2.07. The Balaban J connectivity index is 1.32. The van der Waals surface area contributed by atoms with E-state index in [1.807, 2.05) is 30.6 Å². The maximum absolute atomic E-state index is 12.6. The third-order valence-corrected chi connectivity index (χ3v) is 4.81. The van der Waals surface area contributed by atoms with Crippen molar-refractivity contribution in [2.75, 3.05) is 24.5 Å². The van der Waals surface area contributed by atoms with Crippen LogP contribution in [-0.2, 0) is 11.3 Å². The molecule has 0 aliphatic carbocycles. The second-order valence-electron chi connectivity index (χ2n) is 6.55. The number of anilines is 1. The van der Waals surface area contributed by atoms with E-state index in [0.717, 1.165) is 30.4 Å². The zero-order valence-electron chi connectivity index (χ0n) is 14.6. The largest absolute Gasteiger partial charge is 0.354 e. The van der Waals surface area contributed by atoms with Gasteiger partial charge < -0.3 is 14.8 Å². The van der Waals surface area contributed by atoms with Gasteiger partial charge in [0.2, 0.25) is 11.9 Å². The quantitative estimate of drug-likeness (QED) is 0.760. The molecule has 0 spiro atoms. The Bertz CT molecular complexity index is 878. The highest BCUT2D eigenvalue weighted by Crippen LogP contribution is 2.20. The van der Waals surface area contributed by atoms with Crippen molar-refractivity contribution in [3.05, 3.63) is 49.1 Å². The molecule has 1 fully saturated rings. The van der Waals surface area contributed by atoms with Gasteiger partial charge in [-0.15, -0.1) is 0 Å². The van der Waals surface area contributed by atoms with E-state index in [4.69, 9.17) is 0 Å². The first-order valence-electron chi connectivity index (χ1n) is 9.01. The average Bonchev–Trinajstić information content (AvgIpc) is 3.12. The van der Waals surface area contributed by atoms with Crippen molar-refractivity contribution in [2.24, 2.45) is 5.92 Å². The van der Waals surface area contributed by atoms with Crippen LogP contribution >= 0.6 is 0 Å². The summed E-state index contributed by atoms with van der Waals surface area (Å²) in [4.78, 5) is 27.6. The molecular weight excluding hydrogens is 328 g/mol. The standard InChI is InChI=1S/C19H22N6O/c26-18(15-5-3-11-24(13-15)19-21-8-4-9-22-19)20-10-12-25-14-23-16-6-1-2-7-17(16)25/h1-2,4,6-9,14-15H,3,5,10-13H2,(H,20,26)/t15-/m1/s1. The number of nitrogens with one attached hydrogen (secondary N) is 1. The number of fused-ring (bicyclic) bond motifs is 1. The van der Waals surface area contributed by atoms with Crippen LogP contribution in [0.25, 0.3) is 11.0 Å². The number of imidazole rings is 1. The molecule has 1 atom stereocenters. The van der Waals surface area contributed by atoms with Gasteiger partial charge in [-0.2, -0.15) is 0 Å². The number of benzene rings is 1. The number of para-hydroxylation sites is 2. The zero-order chi connectivity index (χ0) is 17.8. The van der Waals surface area contributed by atoms with Crippen LogP contribution in [0, 0.1) is 5.92 Å². The monoisotopic (exact) mass is 350 g/mol. The predicted molar refractivity (Wildman–Crippen MR) is 99.7 cm³/mol. The smallest absolute Gasteiger partial charge is 0.225 e. The summed E-state index contributed by atoms with van der Waals surface area (Å²) in [6.07, 6.45) is 7.18. The molecule has 7 nitrogen and oxygen atoms in total. The number of carbonyl (C=O) groups excluding carboxylic acids is 1. The first-order valence-corrected chi connectivity index (χ1v) is 9.01. The third-order valence-electron chi connectivity index (χ3n) is 4.81. The number of aromatic nitrogens is 4. The van der Waals surface area contributed by atoms with Gasteiger partial charge in [-0.1, -0.05) is 12.1 Å². The highest BCUT2D eigenvalue weighted by atomic mass is 16.1. The van der Waals surface area contributed by atoms with Crippen LogP contribution in [0.4, 0.5) is 5.95 Å². The molecule has 4 rings (SSSR count). The first-order chi connectivity index (χ1) is 12.8. The minimum Gasteiger partial charge on any atom is -0.354 e. The van der Waals surface area contributed by atoms with Gasteiger partial charge in [0, 0.05) is 38.6 Å². The van der Waals surface area contributed by atoms with Crippen molar-refractivity contribution in [1.82, 2.24) is 24.8 Å². The van der Waals surface area contributed by atoms with Gasteiger partial charge in [0.15, 0.2) is 0 Å². The van der Waals surface area contributed by atoms with Gasteiger partial charge in [0.25, 0.3) is 0 Å². The van der Waals surface area contributed by atoms with Crippen molar-refractivity contribution in [2.45, 2.75) is 19.4 Å². The van der Waals surface area contributed by atoms with Crippen molar-refractivity contribution in [3.8, 4) is 0 Å². The van der Waals surface area contributed by atoms with Gasteiger partial charge in [0.05, 0.1) is 23.3 Å². The van der Waals surface area contributed by atoms with Crippen molar-refractivity contribution < 1.29 is 4.79 Å². The van der Waals surface area contributed by atoms with Gasteiger partial charge in [-0.25, -0.2) is 15.0 Å². The van der Waals surface area contributed by atoms with Crippen molar-refractivity contribution >= 4 is 22.9 Å². The summed E-state index contributed by atoms with van der Waals surface area (Å²) in [5, 5.41) is 3.07. The first kappa shape index (κ1) is 16.5. The summed E-state index contributed by atoms with van der Waals surface area (Å²) in [7, 11) is 0. The SMILES string of the molecule is O=C(NCCn1cnc2ccccc21)[C@@H]1CCCN(c2ncccn2)C1. The lowest BCUT2D eigenvalue weighted by molar-refractivity contribution is -0.125. The van der Waals surface area contributed by atoms with Crippen molar-refractivity contribution in [3.63, 3.8) is 0 Å². The van der Waals surface area contributed by atoms with Crippen LogP contribution < -0.4 is 10.2 Å².